The molecule has 0 bridgehead atoms. The van der Waals surface area contributed by atoms with Gasteiger partial charge < -0.3 is 4.90 Å². The molecule has 0 aromatic rings. The van der Waals surface area contributed by atoms with Crippen molar-refractivity contribution >= 4 is 15.9 Å². The lowest BCUT2D eigenvalue weighted by Gasteiger charge is -2.25. The van der Waals surface area contributed by atoms with Crippen molar-refractivity contribution in [2.75, 3.05) is 19.6 Å². The zero-order chi connectivity index (χ0) is 9.84. The van der Waals surface area contributed by atoms with Crippen LogP contribution < -0.4 is 0 Å². The van der Waals surface area contributed by atoms with Gasteiger partial charge in [0.2, 0.25) is 0 Å². The van der Waals surface area contributed by atoms with E-state index in [9.17, 15) is 0 Å². The second kappa shape index (κ2) is 5.35. The van der Waals surface area contributed by atoms with Crippen molar-refractivity contribution in [3.63, 3.8) is 0 Å². The Morgan fingerprint density at radius 3 is 2.23 bits per heavy atom. The summed E-state index contributed by atoms with van der Waals surface area (Å²) in [4.78, 5) is 3.30. The monoisotopic (exact) mass is 247 g/mol. The Balaban J connectivity index is 2.36. The zero-order valence-corrected chi connectivity index (χ0v) is 10.7. The predicted octanol–water partition coefficient (Wildman–Crippen LogP) is 3.14. The second-order valence-electron chi connectivity index (χ2n) is 4.24. The van der Waals surface area contributed by atoms with Crippen LogP contribution in [0.4, 0.5) is 0 Å². The minimum Gasteiger partial charge on any atom is -0.304 e. The maximum atomic E-state index is 3.83. The second-order valence-corrected chi connectivity index (χ2v) is 5.30. The number of halogens is 1. The maximum Gasteiger partial charge on any atom is 0.0211 e. The van der Waals surface area contributed by atoms with E-state index in [4.69, 9.17) is 0 Å². The minimum absolute atomic E-state index is 0.757. The molecule has 1 saturated carbocycles. The van der Waals surface area contributed by atoms with E-state index in [1.165, 1.54) is 32.5 Å². The van der Waals surface area contributed by atoms with Crippen LogP contribution in [-0.4, -0.2) is 29.4 Å². The number of hydrogen-bond acceptors (Lipinski definition) is 1. The van der Waals surface area contributed by atoms with Gasteiger partial charge in [0.1, 0.15) is 0 Å². The van der Waals surface area contributed by atoms with Crippen LogP contribution in [0.2, 0.25) is 0 Å². The summed E-state index contributed by atoms with van der Waals surface area (Å²) in [6.07, 6.45) is 2.81. The number of hydrogen-bond donors (Lipinski definition) is 0. The topological polar surface area (TPSA) is 3.24 Å². The Kier molecular flexibility index (Phi) is 4.74. The van der Waals surface area contributed by atoms with E-state index in [-0.39, 0.29) is 0 Å². The first kappa shape index (κ1) is 11.5. The van der Waals surface area contributed by atoms with Crippen LogP contribution in [0.25, 0.3) is 0 Å². The first-order chi connectivity index (χ1) is 6.19. The normalized spacial score (nSPS) is 34.4. The minimum atomic E-state index is 0.757. The molecule has 1 nitrogen and oxygen atoms in total. The van der Waals surface area contributed by atoms with Crippen LogP contribution in [0.5, 0.6) is 0 Å². The lowest BCUT2D eigenvalue weighted by atomic mass is 10.1. The standard InChI is InChI=1S/C11H22BrN/c1-4-13(5-2)8-10-7-6-9(3)11(10)12/h9-11H,4-8H2,1-3H3. The Hall–Kier alpha value is 0.440. The summed E-state index contributed by atoms with van der Waals surface area (Å²) < 4.78 is 0. The molecule has 13 heavy (non-hydrogen) atoms. The van der Waals surface area contributed by atoms with Gasteiger partial charge in [0, 0.05) is 11.4 Å². The summed E-state index contributed by atoms with van der Waals surface area (Å²) in [5, 5.41) is 0. The molecule has 0 spiro atoms. The van der Waals surface area contributed by atoms with Crippen molar-refractivity contribution in [3.8, 4) is 0 Å². The molecule has 1 aliphatic rings. The predicted molar refractivity (Wildman–Crippen MR) is 62.4 cm³/mol. The lowest BCUT2D eigenvalue weighted by Crippen LogP contribution is -2.31. The van der Waals surface area contributed by atoms with Gasteiger partial charge in [-0.2, -0.15) is 0 Å². The van der Waals surface area contributed by atoms with Crippen molar-refractivity contribution in [1.29, 1.82) is 0 Å². The SMILES string of the molecule is CCN(CC)CC1CCC(C)C1Br. The summed E-state index contributed by atoms with van der Waals surface area (Å²) in [5.41, 5.74) is 0. The number of nitrogens with zero attached hydrogens (tertiary/aromatic N) is 1. The molecule has 0 aliphatic heterocycles. The fourth-order valence-corrected chi connectivity index (χ4v) is 2.96. The molecule has 0 saturated heterocycles. The van der Waals surface area contributed by atoms with Crippen molar-refractivity contribution in [3.05, 3.63) is 0 Å². The van der Waals surface area contributed by atoms with E-state index in [2.05, 4.69) is 41.6 Å². The molecule has 0 heterocycles. The van der Waals surface area contributed by atoms with Gasteiger partial charge in [0.25, 0.3) is 0 Å². The third-order valence-electron chi connectivity index (χ3n) is 3.37. The first-order valence-electron chi connectivity index (χ1n) is 5.55. The number of alkyl halides is 1. The molecule has 78 valence electrons. The van der Waals surface area contributed by atoms with Crippen LogP contribution in [0, 0.1) is 11.8 Å². The number of rotatable bonds is 4. The van der Waals surface area contributed by atoms with E-state index in [1.54, 1.807) is 0 Å². The van der Waals surface area contributed by atoms with Crippen molar-refractivity contribution in [2.24, 2.45) is 11.8 Å². The van der Waals surface area contributed by atoms with E-state index in [1.807, 2.05) is 0 Å². The Morgan fingerprint density at radius 1 is 1.23 bits per heavy atom. The molecule has 0 amide bonds. The average Bonchev–Trinajstić information content (AvgIpc) is 2.45. The Labute approximate surface area is 91.0 Å². The van der Waals surface area contributed by atoms with E-state index in [0.29, 0.717) is 0 Å². The average molecular weight is 248 g/mol. The van der Waals surface area contributed by atoms with Crippen LogP contribution in [0.15, 0.2) is 0 Å². The third kappa shape index (κ3) is 2.95. The van der Waals surface area contributed by atoms with Gasteiger partial charge in [-0.05, 0) is 37.8 Å². The molecule has 3 atom stereocenters. The highest BCUT2D eigenvalue weighted by molar-refractivity contribution is 9.09. The summed E-state index contributed by atoms with van der Waals surface area (Å²) in [5.74, 6) is 1.76. The molecule has 0 N–H and O–H groups in total. The fraction of sp³-hybridized carbons (Fsp3) is 1.00. The summed E-state index contributed by atoms with van der Waals surface area (Å²) in [7, 11) is 0. The van der Waals surface area contributed by atoms with Gasteiger partial charge in [-0.1, -0.05) is 36.7 Å². The highest BCUT2D eigenvalue weighted by atomic mass is 79.9. The highest BCUT2D eigenvalue weighted by Crippen LogP contribution is 2.36. The molecule has 3 unspecified atom stereocenters. The highest BCUT2D eigenvalue weighted by Gasteiger charge is 2.31. The smallest absolute Gasteiger partial charge is 0.0211 e. The van der Waals surface area contributed by atoms with Crippen LogP contribution >= 0.6 is 15.9 Å². The summed E-state index contributed by atoms with van der Waals surface area (Å²) in [6.45, 7) is 10.5. The molecule has 1 rings (SSSR count). The molecule has 0 aromatic carbocycles. The molecular weight excluding hydrogens is 226 g/mol. The van der Waals surface area contributed by atoms with Gasteiger partial charge in [-0.3, -0.25) is 0 Å². The van der Waals surface area contributed by atoms with Crippen LogP contribution in [0.3, 0.4) is 0 Å². The van der Waals surface area contributed by atoms with Gasteiger partial charge in [-0.15, -0.1) is 0 Å². The molecular formula is C11H22BrN. The van der Waals surface area contributed by atoms with Crippen molar-refractivity contribution in [1.82, 2.24) is 4.90 Å². The van der Waals surface area contributed by atoms with E-state index >= 15 is 0 Å². The fourth-order valence-electron chi connectivity index (χ4n) is 2.27. The molecule has 1 aliphatic carbocycles. The quantitative estimate of drug-likeness (QED) is 0.691. The maximum absolute atomic E-state index is 3.83. The van der Waals surface area contributed by atoms with Gasteiger partial charge in [0.05, 0.1) is 0 Å². The molecule has 2 heteroatoms. The summed E-state index contributed by atoms with van der Waals surface area (Å²) >= 11 is 3.83. The zero-order valence-electron chi connectivity index (χ0n) is 9.09. The van der Waals surface area contributed by atoms with E-state index in [0.717, 1.165) is 16.7 Å². The Bertz CT molecular complexity index is 145. The van der Waals surface area contributed by atoms with Gasteiger partial charge in [0.15, 0.2) is 0 Å². The largest absolute Gasteiger partial charge is 0.304 e. The third-order valence-corrected chi connectivity index (χ3v) is 5.02. The van der Waals surface area contributed by atoms with Crippen molar-refractivity contribution < 1.29 is 0 Å². The molecule has 1 fully saturated rings. The van der Waals surface area contributed by atoms with Gasteiger partial charge in [-0.25, -0.2) is 0 Å². The Morgan fingerprint density at radius 2 is 1.85 bits per heavy atom. The van der Waals surface area contributed by atoms with Crippen molar-refractivity contribution in [2.45, 2.75) is 38.4 Å². The molecule has 0 radical (unpaired) electrons. The van der Waals surface area contributed by atoms with E-state index < -0.39 is 0 Å². The van der Waals surface area contributed by atoms with Crippen LogP contribution in [-0.2, 0) is 0 Å². The lowest BCUT2D eigenvalue weighted by molar-refractivity contribution is 0.255. The van der Waals surface area contributed by atoms with Crippen LogP contribution in [0.1, 0.15) is 33.6 Å². The summed E-state index contributed by atoms with van der Waals surface area (Å²) in [6, 6.07) is 0. The molecule has 0 aromatic heterocycles. The first-order valence-corrected chi connectivity index (χ1v) is 6.47. The van der Waals surface area contributed by atoms with Gasteiger partial charge >= 0.3 is 0 Å².